The number of hydrogen-bond donors (Lipinski definition) is 0. The molecule has 1 aromatic rings. The summed E-state index contributed by atoms with van der Waals surface area (Å²) in [7, 11) is 0. The zero-order valence-electron chi connectivity index (χ0n) is 10.7. The van der Waals surface area contributed by atoms with Gasteiger partial charge in [0.1, 0.15) is 0 Å². The van der Waals surface area contributed by atoms with E-state index >= 15 is 0 Å². The van der Waals surface area contributed by atoms with E-state index < -0.39 is 11.6 Å². The number of halogens is 2. The second-order valence-electron chi connectivity index (χ2n) is 5.27. The fraction of sp³-hybridized carbons (Fsp3) is 0.500. The lowest BCUT2D eigenvalue weighted by molar-refractivity contribution is 0.307. The SMILES string of the molecule is C=CCCC1CCCC(c2ccc(F)c(F)c2)C1. The Labute approximate surface area is 108 Å². The van der Waals surface area contributed by atoms with E-state index in [1.54, 1.807) is 6.07 Å². The molecule has 0 spiro atoms. The van der Waals surface area contributed by atoms with E-state index in [2.05, 4.69) is 6.58 Å². The van der Waals surface area contributed by atoms with E-state index in [0.717, 1.165) is 24.8 Å². The Bertz CT molecular complexity index is 412. The fourth-order valence-electron chi connectivity index (χ4n) is 2.98. The van der Waals surface area contributed by atoms with Gasteiger partial charge < -0.3 is 0 Å². The molecule has 0 heterocycles. The molecule has 0 amide bonds. The Morgan fingerprint density at radius 3 is 2.78 bits per heavy atom. The maximum Gasteiger partial charge on any atom is 0.159 e. The number of benzene rings is 1. The van der Waals surface area contributed by atoms with Gasteiger partial charge in [-0.05, 0) is 55.2 Å². The third-order valence-electron chi connectivity index (χ3n) is 3.98. The van der Waals surface area contributed by atoms with E-state index in [1.165, 1.54) is 31.4 Å². The molecule has 0 aromatic heterocycles. The summed E-state index contributed by atoms with van der Waals surface area (Å²) in [4.78, 5) is 0. The summed E-state index contributed by atoms with van der Waals surface area (Å²) in [5.41, 5.74) is 0.956. The molecule has 0 bridgehead atoms. The molecule has 1 aliphatic rings. The molecule has 98 valence electrons. The summed E-state index contributed by atoms with van der Waals surface area (Å²) >= 11 is 0. The van der Waals surface area contributed by atoms with Gasteiger partial charge in [-0.2, -0.15) is 0 Å². The first-order chi connectivity index (χ1) is 8.70. The molecule has 0 saturated heterocycles. The van der Waals surface area contributed by atoms with Crippen LogP contribution in [0.3, 0.4) is 0 Å². The van der Waals surface area contributed by atoms with Crippen molar-refractivity contribution in [2.45, 2.75) is 44.4 Å². The summed E-state index contributed by atoms with van der Waals surface area (Å²) in [5, 5.41) is 0. The van der Waals surface area contributed by atoms with Crippen molar-refractivity contribution in [2.24, 2.45) is 5.92 Å². The second-order valence-corrected chi connectivity index (χ2v) is 5.27. The monoisotopic (exact) mass is 250 g/mol. The van der Waals surface area contributed by atoms with Crippen molar-refractivity contribution in [2.75, 3.05) is 0 Å². The van der Waals surface area contributed by atoms with Gasteiger partial charge in [-0.3, -0.25) is 0 Å². The zero-order chi connectivity index (χ0) is 13.0. The van der Waals surface area contributed by atoms with Gasteiger partial charge in [-0.25, -0.2) is 8.78 Å². The first-order valence-electron chi connectivity index (χ1n) is 6.76. The molecule has 2 atom stereocenters. The minimum absolute atomic E-state index is 0.392. The third-order valence-corrected chi connectivity index (χ3v) is 3.98. The van der Waals surface area contributed by atoms with Gasteiger partial charge in [0, 0.05) is 0 Å². The first-order valence-corrected chi connectivity index (χ1v) is 6.76. The smallest absolute Gasteiger partial charge is 0.159 e. The zero-order valence-corrected chi connectivity index (χ0v) is 10.7. The Kier molecular flexibility index (Phi) is 4.51. The van der Waals surface area contributed by atoms with Crippen LogP contribution in [0.25, 0.3) is 0 Å². The van der Waals surface area contributed by atoms with Crippen LogP contribution in [-0.2, 0) is 0 Å². The molecule has 0 N–H and O–H groups in total. The van der Waals surface area contributed by atoms with Crippen LogP contribution in [0.2, 0.25) is 0 Å². The molecule has 1 aromatic carbocycles. The summed E-state index contributed by atoms with van der Waals surface area (Å²) in [6.07, 6.45) is 8.81. The highest BCUT2D eigenvalue weighted by molar-refractivity contribution is 5.22. The summed E-state index contributed by atoms with van der Waals surface area (Å²) in [5.74, 6) is -0.378. The lowest BCUT2D eigenvalue weighted by Crippen LogP contribution is -2.14. The maximum absolute atomic E-state index is 13.2. The van der Waals surface area contributed by atoms with Crippen molar-refractivity contribution >= 4 is 0 Å². The number of allylic oxidation sites excluding steroid dienone is 1. The molecular formula is C16H20F2. The van der Waals surface area contributed by atoms with Crippen LogP contribution in [0.5, 0.6) is 0 Å². The van der Waals surface area contributed by atoms with Gasteiger partial charge in [0.25, 0.3) is 0 Å². The molecule has 18 heavy (non-hydrogen) atoms. The molecule has 2 rings (SSSR count). The molecule has 0 radical (unpaired) electrons. The minimum atomic E-state index is -0.752. The largest absolute Gasteiger partial charge is 0.204 e. The van der Waals surface area contributed by atoms with Gasteiger partial charge in [-0.15, -0.1) is 6.58 Å². The van der Waals surface area contributed by atoms with Crippen LogP contribution in [0.1, 0.15) is 50.0 Å². The van der Waals surface area contributed by atoms with E-state index in [9.17, 15) is 8.78 Å². The van der Waals surface area contributed by atoms with Gasteiger partial charge in [-0.1, -0.05) is 25.0 Å². The minimum Gasteiger partial charge on any atom is -0.204 e. The van der Waals surface area contributed by atoms with Crippen LogP contribution in [-0.4, -0.2) is 0 Å². The molecule has 0 nitrogen and oxygen atoms in total. The van der Waals surface area contributed by atoms with Crippen LogP contribution >= 0.6 is 0 Å². The van der Waals surface area contributed by atoms with E-state index in [4.69, 9.17) is 0 Å². The summed E-state index contributed by atoms with van der Waals surface area (Å²) in [6.45, 7) is 3.75. The standard InChI is InChI=1S/C16H20F2/c1-2-3-5-12-6-4-7-13(10-12)14-8-9-15(17)16(18)11-14/h2,8-9,11-13H,1,3-7,10H2. The molecule has 2 unspecified atom stereocenters. The Morgan fingerprint density at radius 1 is 1.22 bits per heavy atom. The molecule has 2 heteroatoms. The average Bonchev–Trinajstić information content (AvgIpc) is 2.40. The topological polar surface area (TPSA) is 0 Å². The summed E-state index contributed by atoms with van der Waals surface area (Å²) in [6, 6.07) is 4.35. The highest BCUT2D eigenvalue weighted by Crippen LogP contribution is 2.38. The van der Waals surface area contributed by atoms with Crippen molar-refractivity contribution in [3.05, 3.63) is 48.1 Å². The highest BCUT2D eigenvalue weighted by atomic mass is 19.2. The van der Waals surface area contributed by atoms with Crippen molar-refractivity contribution in [3.8, 4) is 0 Å². The highest BCUT2D eigenvalue weighted by Gasteiger charge is 2.23. The Balaban J connectivity index is 2.03. The second kappa shape index (κ2) is 6.12. The number of rotatable bonds is 4. The predicted molar refractivity (Wildman–Crippen MR) is 70.5 cm³/mol. The summed E-state index contributed by atoms with van der Waals surface area (Å²) < 4.78 is 26.2. The van der Waals surface area contributed by atoms with Gasteiger partial charge in [0.05, 0.1) is 0 Å². The van der Waals surface area contributed by atoms with Gasteiger partial charge in [0.2, 0.25) is 0 Å². The van der Waals surface area contributed by atoms with Crippen molar-refractivity contribution in [1.82, 2.24) is 0 Å². The van der Waals surface area contributed by atoms with E-state index in [1.807, 2.05) is 6.08 Å². The molecule has 1 aliphatic carbocycles. The van der Waals surface area contributed by atoms with Crippen LogP contribution < -0.4 is 0 Å². The molecule has 0 aliphatic heterocycles. The third kappa shape index (κ3) is 3.18. The molecular weight excluding hydrogens is 230 g/mol. The first kappa shape index (κ1) is 13.3. The van der Waals surface area contributed by atoms with Crippen LogP contribution in [0.4, 0.5) is 8.78 Å². The van der Waals surface area contributed by atoms with Crippen LogP contribution in [0.15, 0.2) is 30.9 Å². The predicted octanol–water partition coefficient (Wildman–Crippen LogP) is 5.20. The van der Waals surface area contributed by atoms with E-state index in [0.29, 0.717) is 11.8 Å². The average molecular weight is 250 g/mol. The maximum atomic E-state index is 13.2. The lowest BCUT2D eigenvalue weighted by atomic mass is 9.76. The van der Waals surface area contributed by atoms with Crippen molar-refractivity contribution < 1.29 is 8.78 Å². The van der Waals surface area contributed by atoms with Crippen LogP contribution in [0, 0.1) is 17.6 Å². The fourth-order valence-corrected chi connectivity index (χ4v) is 2.98. The molecule has 1 fully saturated rings. The normalized spacial score (nSPS) is 23.9. The Hall–Kier alpha value is -1.18. The Morgan fingerprint density at radius 2 is 2.06 bits per heavy atom. The number of hydrogen-bond acceptors (Lipinski definition) is 0. The quantitative estimate of drug-likeness (QED) is 0.644. The van der Waals surface area contributed by atoms with Crippen molar-refractivity contribution in [3.63, 3.8) is 0 Å². The molecule has 1 saturated carbocycles. The van der Waals surface area contributed by atoms with Crippen molar-refractivity contribution in [1.29, 1.82) is 0 Å². The van der Waals surface area contributed by atoms with E-state index in [-0.39, 0.29) is 0 Å². The van der Waals surface area contributed by atoms with Gasteiger partial charge >= 0.3 is 0 Å². The lowest BCUT2D eigenvalue weighted by Gasteiger charge is -2.29. The van der Waals surface area contributed by atoms with Gasteiger partial charge in [0.15, 0.2) is 11.6 Å².